The van der Waals surface area contributed by atoms with E-state index in [-0.39, 0.29) is 0 Å². The van der Waals surface area contributed by atoms with Crippen molar-refractivity contribution in [1.29, 1.82) is 0 Å². The van der Waals surface area contributed by atoms with Crippen molar-refractivity contribution in [3.05, 3.63) is 101 Å². The topological polar surface area (TPSA) is 4.93 Å². The van der Waals surface area contributed by atoms with Gasteiger partial charge in [-0.15, -0.1) is 0 Å². The van der Waals surface area contributed by atoms with Gasteiger partial charge in [0, 0.05) is 20.9 Å². The fourth-order valence-corrected chi connectivity index (χ4v) is 4.17. The summed E-state index contributed by atoms with van der Waals surface area (Å²) in [5, 5.41) is 2.55. The molecule has 0 aliphatic heterocycles. The van der Waals surface area contributed by atoms with E-state index < -0.39 is 0 Å². The van der Waals surface area contributed by atoms with Gasteiger partial charge in [0.05, 0.1) is 11.0 Å². The molecule has 0 amide bonds. The normalized spacial score (nSPS) is 11.3. The number of aryl methyl sites for hydroxylation is 1. The van der Waals surface area contributed by atoms with Crippen molar-refractivity contribution in [3.63, 3.8) is 0 Å². The van der Waals surface area contributed by atoms with Crippen LogP contribution in [0, 0.1) is 6.92 Å². The molecule has 1 heterocycles. The molecule has 0 radical (unpaired) electrons. The van der Waals surface area contributed by atoms with Crippen molar-refractivity contribution in [2.45, 2.75) is 6.92 Å². The van der Waals surface area contributed by atoms with Crippen LogP contribution in [0.15, 0.2) is 95.5 Å². The Hall–Kier alpha value is -2.84. The summed E-state index contributed by atoms with van der Waals surface area (Å²) in [7, 11) is 0. The summed E-state index contributed by atoms with van der Waals surface area (Å²) >= 11 is 3.70. The minimum absolute atomic E-state index is 1.15. The molecule has 27 heavy (non-hydrogen) atoms. The minimum Gasteiger partial charge on any atom is -0.309 e. The number of hydrogen-bond donors (Lipinski definition) is 0. The Bertz CT molecular complexity index is 1280. The second kappa shape index (κ2) is 6.40. The van der Waals surface area contributed by atoms with Gasteiger partial charge in [0.25, 0.3) is 0 Å². The lowest BCUT2D eigenvalue weighted by atomic mass is 10.1. The molecule has 0 saturated carbocycles. The van der Waals surface area contributed by atoms with Crippen molar-refractivity contribution in [2.24, 2.45) is 0 Å². The Morgan fingerprint density at radius 2 is 1.37 bits per heavy atom. The number of halogens is 1. The number of benzene rings is 4. The van der Waals surface area contributed by atoms with Crippen LogP contribution in [0.3, 0.4) is 0 Å². The van der Waals surface area contributed by atoms with Crippen molar-refractivity contribution in [2.75, 3.05) is 0 Å². The highest BCUT2D eigenvalue weighted by molar-refractivity contribution is 9.10. The van der Waals surface area contributed by atoms with Gasteiger partial charge in [-0.05, 0) is 53.9 Å². The molecule has 0 saturated heterocycles. The first-order valence-electron chi connectivity index (χ1n) is 9.07. The fourth-order valence-electron chi connectivity index (χ4n) is 3.83. The average Bonchev–Trinajstić information content (AvgIpc) is 3.02. The Labute approximate surface area is 167 Å². The van der Waals surface area contributed by atoms with E-state index in [9.17, 15) is 0 Å². The molecule has 1 nitrogen and oxygen atoms in total. The molecule has 0 N–H and O–H groups in total. The van der Waals surface area contributed by atoms with Gasteiger partial charge in [-0.2, -0.15) is 0 Å². The monoisotopic (exact) mass is 411 g/mol. The standard InChI is InChI=1S/C25H18BrN/c1-17-14-25-22(16-23(17)26)21-12-5-6-13-24(21)27(25)20-11-7-10-19(15-20)18-8-3-2-4-9-18/h2-16H,1H3. The number of aromatic nitrogens is 1. The number of nitrogens with zero attached hydrogens (tertiary/aromatic N) is 1. The zero-order chi connectivity index (χ0) is 18.4. The minimum atomic E-state index is 1.15. The molecule has 5 aromatic rings. The molecule has 0 aliphatic rings. The highest BCUT2D eigenvalue weighted by atomic mass is 79.9. The molecule has 2 heteroatoms. The van der Waals surface area contributed by atoms with E-state index in [0.29, 0.717) is 0 Å². The number of hydrogen-bond acceptors (Lipinski definition) is 0. The van der Waals surface area contributed by atoms with Crippen LogP contribution in [-0.4, -0.2) is 4.57 Å². The van der Waals surface area contributed by atoms with Gasteiger partial charge in [0.1, 0.15) is 0 Å². The largest absolute Gasteiger partial charge is 0.309 e. The molecule has 0 unspecified atom stereocenters. The van der Waals surface area contributed by atoms with Gasteiger partial charge in [0.2, 0.25) is 0 Å². The Kier molecular flexibility index (Phi) is 3.87. The second-order valence-electron chi connectivity index (χ2n) is 6.89. The van der Waals surface area contributed by atoms with Gasteiger partial charge in [-0.1, -0.05) is 76.6 Å². The molecule has 0 aliphatic carbocycles. The van der Waals surface area contributed by atoms with Gasteiger partial charge in [-0.25, -0.2) is 0 Å². The first kappa shape index (κ1) is 16.3. The summed E-state index contributed by atoms with van der Waals surface area (Å²) in [6, 6.07) is 32.5. The summed E-state index contributed by atoms with van der Waals surface area (Å²) in [4.78, 5) is 0. The summed E-state index contributed by atoms with van der Waals surface area (Å²) in [6.45, 7) is 2.14. The van der Waals surface area contributed by atoms with Crippen LogP contribution in [0.1, 0.15) is 5.56 Å². The van der Waals surface area contributed by atoms with Crippen molar-refractivity contribution in [1.82, 2.24) is 4.57 Å². The van der Waals surface area contributed by atoms with E-state index >= 15 is 0 Å². The van der Waals surface area contributed by atoms with Crippen LogP contribution in [-0.2, 0) is 0 Å². The average molecular weight is 412 g/mol. The van der Waals surface area contributed by atoms with E-state index in [4.69, 9.17) is 0 Å². The third-order valence-corrected chi connectivity index (χ3v) is 6.02. The van der Waals surface area contributed by atoms with Crippen LogP contribution in [0.25, 0.3) is 38.6 Å². The van der Waals surface area contributed by atoms with E-state index in [1.807, 2.05) is 0 Å². The lowest BCUT2D eigenvalue weighted by Gasteiger charge is -2.11. The molecule has 0 spiro atoms. The number of rotatable bonds is 2. The number of para-hydroxylation sites is 1. The third kappa shape index (κ3) is 2.68. The van der Waals surface area contributed by atoms with Gasteiger partial charge >= 0.3 is 0 Å². The SMILES string of the molecule is Cc1cc2c(cc1Br)c1ccccc1n2-c1cccc(-c2ccccc2)c1. The van der Waals surface area contributed by atoms with Crippen molar-refractivity contribution >= 4 is 37.7 Å². The summed E-state index contributed by atoms with van der Waals surface area (Å²) in [6.07, 6.45) is 0. The quantitative estimate of drug-likeness (QED) is 0.283. The Morgan fingerprint density at radius 3 is 2.22 bits per heavy atom. The smallest absolute Gasteiger partial charge is 0.0544 e. The molecule has 1 aromatic heterocycles. The lowest BCUT2D eigenvalue weighted by Crippen LogP contribution is -1.94. The summed E-state index contributed by atoms with van der Waals surface area (Å²) < 4.78 is 3.52. The van der Waals surface area contributed by atoms with Gasteiger partial charge in [0.15, 0.2) is 0 Å². The molecule has 0 bridgehead atoms. The maximum atomic E-state index is 3.70. The summed E-state index contributed by atoms with van der Waals surface area (Å²) in [5.41, 5.74) is 7.36. The van der Waals surface area contributed by atoms with E-state index in [0.717, 1.165) is 4.47 Å². The van der Waals surface area contributed by atoms with Crippen LogP contribution in [0.4, 0.5) is 0 Å². The van der Waals surface area contributed by atoms with Crippen LogP contribution in [0.5, 0.6) is 0 Å². The Balaban J connectivity index is 1.84. The predicted molar refractivity (Wildman–Crippen MR) is 119 cm³/mol. The van der Waals surface area contributed by atoms with Crippen LogP contribution in [0.2, 0.25) is 0 Å². The zero-order valence-electron chi connectivity index (χ0n) is 15.0. The highest BCUT2D eigenvalue weighted by Gasteiger charge is 2.13. The molecule has 5 rings (SSSR count). The van der Waals surface area contributed by atoms with E-state index in [2.05, 4.69) is 118 Å². The van der Waals surface area contributed by atoms with E-state index in [1.165, 1.54) is 44.2 Å². The van der Waals surface area contributed by atoms with Gasteiger partial charge in [-0.3, -0.25) is 0 Å². The van der Waals surface area contributed by atoms with Gasteiger partial charge < -0.3 is 4.57 Å². The van der Waals surface area contributed by atoms with Crippen LogP contribution >= 0.6 is 15.9 Å². The fraction of sp³-hybridized carbons (Fsp3) is 0.0400. The molecule has 4 aromatic carbocycles. The van der Waals surface area contributed by atoms with Crippen LogP contribution < -0.4 is 0 Å². The first-order chi connectivity index (χ1) is 13.2. The molecule has 0 fully saturated rings. The molecular formula is C25H18BrN. The molecule has 130 valence electrons. The lowest BCUT2D eigenvalue weighted by molar-refractivity contribution is 1.18. The summed E-state index contributed by atoms with van der Waals surface area (Å²) in [5.74, 6) is 0. The Morgan fingerprint density at radius 1 is 0.630 bits per heavy atom. The maximum absolute atomic E-state index is 3.70. The third-order valence-electron chi connectivity index (χ3n) is 5.16. The highest BCUT2D eigenvalue weighted by Crippen LogP contribution is 2.35. The zero-order valence-corrected chi connectivity index (χ0v) is 16.6. The number of fused-ring (bicyclic) bond motifs is 3. The molecular weight excluding hydrogens is 394 g/mol. The molecule has 0 atom stereocenters. The van der Waals surface area contributed by atoms with Crippen molar-refractivity contribution < 1.29 is 0 Å². The van der Waals surface area contributed by atoms with E-state index in [1.54, 1.807) is 0 Å². The second-order valence-corrected chi connectivity index (χ2v) is 7.74. The first-order valence-corrected chi connectivity index (χ1v) is 9.87. The predicted octanol–water partition coefficient (Wildman–Crippen LogP) is 7.52. The van der Waals surface area contributed by atoms with Crippen molar-refractivity contribution in [3.8, 4) is 16.8 Å². The maximum Gasteiger partial charge on any atom is 0.0544 e.